The number of rotatable bonds is 3. The number of fused-ring (bicyclic) bond motifs is 1. The van der Waals surface area contributed by atoms with E-state index in [1.165, 1.54) is 0 Å². The quantitative estimate of drug-likeness (QED) is 0.607. The van der Waals surface area contributed by atoms with Crippen LogP contribution >= 0.6 is 0 Å². The summed E-state index contributed by atoms with van der Waals surface area (Å²) in [5.41, 5.74) is 10.7. The largest absolute Gasteiger partial charge is 0.366 e. The van der Waals surface area contributed by atoms with E-state index in [0.29, 0.717) is 5.56 Å². The maximum atomic E-state index is 11.9. The van der Waals surface area contributed by atoms with Crippen LogP contribution in [-0.4, -0.2) is 26.1 Å². The van der Waals surface area contributed by atoms with Gasteiger partial charge >= 0.3 is 0 Å². The van der Waals surface area contributed by atoms with E-state index in [2.05, 4.69) is 20.2 Å². The van der Waals surface area contributed by atoms with Crippen LogP contribution in [-0.2, 0) is 0 Å². The lowest BCUT2D eigenvalue weighted by Crippen LogP contribution is -2.13. The zero-order valence-electron chi connectivity index (χ0n) is 12.6. The van der Waals surface area contributed by atoms with Crippen molar-refractivity contribution in [1.29, 1.82) is 0 Å². The van der Waals surface area contributed by atoms with Crippen LogP contribution in [0.3, 0.4) is 0 Å². The maximum Gasteiger partial charge on any atom is 0.249 e. The predicted molar refractivity (Wildman–Crippen MR) is 91.1 cm³/mol. The van der Waals surface area contributed by atoms with E-state index in [4.69, 9.17) is 5.73 Å². The summed E-state index contributed by atoms with van der Waals surface area (Å²) in [6.45, 7) is 0. The molecule has 0 saturated carbocycles. The fraction of sp³-hybridized carbons (Fsp3) is 0. The van der Waals surface area contributed by atoms with Crippen molar-refractivity contribution < 1.29 is 4.79 Å². The summed E-state index contributed by atoms with van der Waals surface area (Å²) in [5, 5.41) is 6.87. The zero-order valence-corrected chi connectivity index (χ0v) is 12.6. The minimum Gasteiger partial charge on any atom is -0.366 e. The number of nitrogens with one attached hydrogen (secondary N) is 1. The number of primary amides is 1. The third-order valence-corrected chi connectivity index (χ3v) is 3.85. The number of aromatic nitrogens is 4. The molecule has 3 aromatic heterocycles. The molecule has 116 valence electrons. The van der Waals surface area contributed by atoms with Gasteiger partial charge in [-0.3, -0.25) is 14.9 Å². The first-order chi connectivity index (χ1) is 11.7. The average Bonchev–Trinajstić information content (AvgIpc) is 3.09. The molecule has 0 unspecified atom stereocenters. The smallest absolute Gasteiger partial charge is 0.249 e. The molecule has 0 radical (unpaired) electrons. The first-order valence-electron chi connectivity index (χ1n) is 7.38. The van der Waals surface area contributed by atoms with Crippen LogP contribution in [0.25, 0.3) is 33.4 Å². The topological polar surface area (TPSA) is 97.6 Å². The van der Waals surface area contributed by atoms with E-state index in [-0.39, 0.29) is 0 Å². The molecule has 6 heteroatoms. The van der Waals surface area contributed by atoms with Gasteiger partial charge in [0.15, 0.2) is 0 Å². The van der Waals surface area contributed by atoms with Gasteiger partial charge in [-0.1, -0.05) is 18.2 Å². The van der Waals surface area contributed by atoms with Crippen molar-refractivity contribution in [3.63, 3.8) is 0 Å². The van der Waals surface area contributed by atoms with Crippen LogP contribution in [0.5, 0.6) is 0 Å². The molecule has 3 heterocycles. The molecule has 4 rings (SSSR count). The van der Waals surface area contributed by atoms with Crippen molar-refractivity contribution in [1.82, 2.24) is 20.2 Å². The van der Waals surface area contributed by atoms with E-state index in [9.17, 15) is 4.79 Å². The summed E-state index contributed by atoms with van der Waals surface area (Å²) in [7, 11) is 0. The Labute approximate surface area is 137 Å². The Morgan fingerprint density at radius 2 is 1.96 bits per heavy atom. The van der Waals surface area contributed by atoms with E-state index >= 15 is 0 Å². The number of nitrogens with zero attached hydrogens (tertiary/aromatic N) is 3. The van der Waals surface area contributed by atoms with Gasteiger partial charge in [0, 0.05) is 34.6 Å². The van der Waals surface area contributed by atoms with Gasteiger partial charge in [-0.2, -0.15) is 5.10 Å². The minimum absolute atomic E-state index is 0.439. The highest BCUT2D eigenvalue weighted by atomic mass is 16.1. The second kappa shape index (κ2) is 5.58. The molecule has 0 fully saturated rings. The molecule has 1 amide bonds. The number of carbonyl (C=O) groups is 1. The second-order valence-electron chi connectivity index (χ2n) is 5.33. The number of hydrogen-bond acceptors (Lipinski definition) is 4. The molecule has 0 aliphatic heterocycles. The average molecular weight is 315 g/mol. The highest BCUT2D eigenvalue weighted by Gasteiger charge is 2.17. The first-order valence-corrected chi connectivity index (χ1v) is 7.38. The molecular weight excluding hydrogens is 302 g/mol. The Bertz CT molecular complexity index is 1040. The highest BCUT2D eigenvalue weighted by Crippen LogP contribution is 2.34. The van der Waals surface area contributed by atoms with Crippen LogP contribution < -0.4 is 5.73 Å². The Morgan fingerprint density at radius 1 is 1.04 bits per heavy atom. The summed E-state index contributed by atoms with van der Waals surface area (Å²) >= 11 is 0. The summed E-state index contributed by atoms with van der Waals surface area (Å²) in [6, 6.07) is 13.0. The lowest BCUT2D eigenvalue weighted by molar-refractivity contribution is 0.100. The fourth-order valence-corrected chi connectivity index (χ4v) is 2.77. The normalized spacial score (nSPS) is 10.8. The maximum absolute atomic E-state index is 11.9. The molecule has 4 aromatic rings. The van der Waals surface area contributed by atoms with Gasteiger partial charge in [-0.25, -0.2) is 4.98 Å². The highest BCUT2D eigenvalue weighted by molar-refractivity contribution is 6.03. The molecular formula is C18H13N5O. The van der Waals surface area contributed by atoms with Crippen LogP contribution in [0.1, 0.15) is 10.4 Å². The number of pyridine rings is 2. The van der Waals surface area contributed by atoms with Gasteiger partial charge in [-0.05, 0) is 24.3 Å². The van der Waals surface area contributed by atoms with Gasteiger partial charge in [0.1, 0.15) is 5.52 Å². The molecule has 1 aromatic carbocycles. The molecule has 0 aliphatic carbocycles. The Morgan fingerprint density at radius 3 is 2.75 bits per heavy atom. The SMILES string of the molecule is NC(=O)c1cccc(-c2ccc3[nH]ncc3n2)c1-c1cccnc1. The van der Waals surface area contributed by atoms with Crippen LogP contribution in [0, 0.1) is 0 Å². The van der Waals surface area contributed by atoms with Gasteiger partial charge in [-0.15, -0.1) is 0 Å². The monoisotopic (exact) mass is 315 g/mol. The summed E-state index contributed by atoms with van der Waals surface area (Å²) in [5.74, 6) is -0.486. The molecule has 0 atom stereocenters. The number of H-pyrrole nitrogens is 1. The predicted octanol–water partition coefficient (Wildman–Crippen LogP) is 2.79. The van der Waals surface area contributed by atoms with Crippen molar-refractivity contribution >= 4 is 16.9 Å². The molecule has 0 aliphatic rings. The van der Waals surface area contributed by atoms with Gasteiger partial charge in [0.2, 0.25) is 5.91 Å². The number of carbonyl (C=O) groups excluding carboxylic acids is 1. The van der Waals surface area contributed by atoms with Gasteiger partial charge < -0.3 is 5.73 Å². The van der Waals surface area contributed by atoms with E-state index in [1.54, 1.807) is 30.7 Å². The van der Waals surface area contributed by atoms with Crippen molar-refractivity contribution in [3.05, 3.63) is 66.6 Å². The lowest BCUT2D eigenvalue weighted by Gasteiger charge is -2.13. The van der Waals surface area contributed by atoms with Gasteiger partial charge in [0.25, 0.3) is 0 Å². The van der Waals surface area contributed by atoms with E-state index in [0.717, 1.165) is 33.4 Å². The number of amides is 1. The molecule has 24 heavy (non-hydrogen) atoms. The minimum atomic E-state index is -0.486. The number of benzene rings is 1. The zero-order chi connectivity index (χ0) is 16.5. The van der Waals surface area contributed by atoms with Crippen LogP contribution in [0.15, 0.2) is 61.1 Å². The number of nitrogens with two attached hydrogens (primary N) is 1. The number of hydrogen-bond donors (Lipinski definition) is 2. The molecule has 3 N–H and O–H groups in total. The van der Waals surface area contributed by atoms with Crippen molar-refractivity contribution in [2.24, 2.45) is 5.73 Å². The third-order valence-electron chi connectivity index (χ3n) is 3.85. The Kier molecular flexibility index (Phi) is 3.28. The second-order valence-corrected chi connectivity index (χ2v) is 5.33. The van der Waals surface area contributed by atoms with Crippen molar-refractivity contribution in [2.75, 3.05) is 0 Å². The summed E-state index contributed by atoms with van der Waals surface area (Å²) in [4.78, 5) is 20.7. The van der Waals surface area contributed by atoms with Crippen molar-refractivity contribution in [2.45, 2.75) is 0 Å². The molecule has 0 saturated heterocycles. The van der Waals surface area contributed by atoms with Crippen LogP contribution in [0.4, 0.5) is 0 Å². The summed E-state index contributed by atoms with van der Waals surface area (Å²) < 4.78 is 0. The van der Waals surface area contributed by atoms with Crippen LogP contribution in [0.2, 0.25) is 0 Å². The molecule has 6 nitrogen and oxygen atoms in total. The molecule has 0 bridgehead atoms. The van der Waals surface area contributed by atoms with Gasteiger partial charge in [0.05, 0.1) is 17.4 Å². The Balaban J connectivity index is 2.01. The lowest BCUT2D eigenvalue weighted by atomic mass is 9.93. The third kappa shape index (κ3) is 2.30. The Hall–Kier alpha value is -3.54. The van der Waals surface area contributed by atoms with Crippen molar-refractivity contribution in [3.8, 4) is 22.4 Å². The number of aromatic amines is 1. The summed E-state index contributed by atoms with van der Waals surface area (Å²) in [6.07, 6.45) is 5.06. The van der Waals surface area contributed by atoms with E-state index < -0.39 is 5.91 Å². The molecule has 0 spiro atoms. The fourth-order valence-electron chi connectivity index (χ4n) is 2.77. The standard InChI is InChI=1S/C18H13N5O/c19-18(24)13-5-1-4-12(17(13)11-3-2-8-20-9-11)14-6-7-15-16(22-14)10-21-23-15/h1-10H,(H2,19,24)(H,21,23). The van der Waals surface area contributed by atoms with E-state index in [1.807, 2.05) is 30.3 Å². The first kappa shape index (κ1) is 14.1.